The van der Waals surface area contributed by atoms with E-state index in [1.54, 1.807) is 6.33 Å². The number of hydrogen-bond acceptors (Lipinski definition) is 6. The van der Waals surface area contributed by atoms with Crippen LogP contribution in [-0.4, -0.2) is 95.3 Å². The molecule has 2 aromatic rings. The lowest BCUT2D eigenvalue weighted by Crippen LogP contribution is -2.44. The van der Waals surface area contributed by atoms with Gasteiger partial charge in [-0.3, -0.25) is 0 Å². The van der Waals surface area contributed by atoms with E-state index in [4.69, 9.17) is 4.74 Å². The van der Waals surface area contributed by atoms with E-state index in [1.165, 1.54) is 4.90 Å². The average molecular weight is 414 g/mol. The number of carboxylic acid groups (broad SMARTS) is 1. The van der Waals surface area contributed by atoms with Gasteiger partial charge in [-0.05, 0) is 44.5 Å². The lowest BCUT2D eigenvalue weighted by atomic mass is 9.91. The summed E-state index contributed by atoms with van der Waals surface area (Å²) in [6.45, 7) is 7.40. The van der Waals surface area contributed by atoms with Crippen LogP contribution < -0.4 is 4.74 Å². The lowest BCUT2D eigenvalue weighted by molar-refractivity contribution is 0.132. The lowest BCUT2D eigenvalue weighted by Gasteiger charge is -2.32. The van der Waals surface area contributed by atoms with Gasteiger partial charge in [0.2, 0.25) is 0 Å². The van der Waals surface area contributed by atoms with Crippen LogP contribution in [0.25, 0.3) is 10.9 Å². The van der Waals surface area contributed by atoms with Crippen LogP contribution in [0, 0.1) is 0 Å². The van der Waals surface area contributed by atoms with E-state index in [1.807, 2.05) is 18.2 Å². The number of carbonyl (C=O) groups is 1. The van der Waals surface area contributed by atoms with Crippen molar-refractivity contribution in [2.24, 2.45) is 0 Å². The quantitative estimate of drug-likeness (QED) is 0.729. The highest BCUT2D eigenvalue weighted by Gasteiger charge is 2.25. The smallest absolute Gasteiger partial charge is 0.407 e. The van der Waals surface area contributed by atoms with Gasteiger partial charge < -0.3 is 24.5 Å². The first kappa shape index (κ1) is 20.8. The molecule has 0 radical (unpaired) electrons. The van der Waals surface area contributed by atoms with Crippen LogP contribution in [0.15, 0.2) is 24.5 Å². The van der Waals surface area contributed by atoms with E-state index >= 15 is 0 Å². The van der Waals surface area contributed by atoms with E-state index in [9.17, 15) is 9.90 Å². The Morgan fingerprint density at radius 3 is 2.63 bits per heavy atom. The molecule has 2 saturated heterocycles. The molecule has 2 aliphatic heterocycles. The molecule has 1 aromatic heterocycles. The van der Waals surface area contributed by atoms with Crippen LogP contribution in [0.1, 0.15) is 30.9 Å². The standard InChI is InChI=1S/C22H31N5O3/c1-25-10-12-26(13-11-25)7-2-14-30-18-3-4-20-19(15-18)21(24-16-23-20)17-5-8-27(9-6-17)22(28)29/h3-4,15-17H,2,5-14H2,1H3,(H,28,29). The molecule has 30 heavy (non-hydrogen) atoms. The topological polar surface area (TPSA) is 82.0 Å². The molecule has 1 amide bonds. The number of fused-ring (bicyclic) bond motifs is 1. The molecular formula is C22H31N5O3. The van der Waals surface area contributed by atoms with Gasteiger partial charge in [0.15, 0.2) is 0 Å². The van der Waals surface area contributed by atoms with E-state index in [-0.39, 0.29) is 5.92 Å². The van der Waals surface area contributed by atoms with E-state index in [0.717, 1.165) is 74.3 Å². The maximum atomic E-state index is 11.2. The summed E-state index contributed by atoms with van der Waals surface area (Å²) >= 11 is 0. The molecule has 0 bridgehead atoms. The van der Waals surface area contributed by atoms with Gasteiger partial charge >= 0.3 is 6.09 Å². The molecule has 2 fully saturated rings. The van der Waals surface area contributed by atoms with Crippen molar-refractivity contribution in [1.82, 2.24) is 24.7 Å². The molecule has 0 spiro atoms. The first-order chi connectivity index (χ1) is 14.6. The van der Waals surface area contributed by atoms with Crippen LogP contribution >= 0.6 is 0 Å². The fraction of sp³-hybridized carbons (Fsp3) is 0.591. The summed E-state index contributed by atoms with van der Waals surface area (Å²) in [5.41, 5.74) is 1.92. The highest BCUT2D eigenvalue weighted by atomic mass is 16.5. The zero-order valence-corrected chi connectivity index (χ0v) is 17.7. The summed E-state index contributed by atoms with van der Waals surface area (Å²) in [6.07, 6.45) is 3.35. The van der Waals surface area contributed by atoms with Gasteiger partial charge in [0.1, 0.15) is 12.1 Å². The molecule has 0 aliphatic carbocycles. The Labute approximate surface area is 177 Å². The summed E-state index contributed by atoms with van der Waals surface area (Å²) < 4.78 is 6.04. The zero-order chi connectivity index (χ0) is 20.9. The number of ether oxygens (including phenoxy) is 1. The van der Waals surface area contributed by atoms with E-state index in [0.29, 0.717) is 19.7 Å². The van der Waals surface area contributed by atoms with E-state index < -0.39 is 6.09 Å². The van der Waals surface area contributed by atoms with E-state index in [2.05, 4.69) is 26.8 Å². The molecule has 3 heterocycles. The van der Waals surface area contributed by atoms with Crippen molar-refractivity contribution < 1.29 is 14.6 Å². The van der Waals surface area contributed by atoms with Gasteiger partial charge in [-0.2, -0.15) is 0 Å². The van der Waals surface area contributed by atoms with Gasteiger partial charge in [0, 0.05) is 57.1 Å². The molecule has 0 saturated carbocycles. The molecule has 0 unspecified atom stereocenters. The van der Waals surface area contributed by atoms with Crippen molar-refractivity contribution in [3.8, 4) is 5.75 Å². The number of likely N-dealkylation sites (tertiary alicyclic amines) is 1. The summed E-state index contributed by atoms with van der Waals surface area (Å²) in [4.78, 5) is 26.5. The van der Waals surface area contributed by atoms with Gasteiger partial charge in [-0.1, -0.05) is 0 Å². The van der Waals surface area contributed by atoms with Crippen LogP contribution in [0.2, 0.25) is 0 Å². The minimum Gasteiger partial charge on any atom is -0.494 e. The number of hydrogen-bond donors (Lipinski definition) is 1. The number of benzene rings is 1. The van der Waals surface area contributed by atoms with Gasteiger partial charge in [-0.15, -0.1) is 0 Å². The number of nitrogens with zero attached hydrogens (tertiary/aromatic N) is 5. The highest BCUT2D eigenvalue weighted by Crippen LogP contribution is 2.32. The summed E-state index contributed by atoms with van der Waals surface area (Å²) in [7, 11) is 2.17. The zero-order valence-electron chi connectivity index (χ0n) is 17.7. The Morgan fingerprint density at radius 2 is 1.90 bits per heavy atom. The van der Waals surface area contributed by atoms with Crippen LogP contribution in [0.3, 0.4) is 0 Å². The molecule has 4 rings (SSSR count). The van der Waals surface area contributed by atoms with Crippen LogP contribution in [0.4, 0.5) is 4.79 Å². The Balaban J connectivity index is 1.36. The third-order valence-electron chi connectivity index (χ3n) is 6.27. The number of aromatic nitrogens is 2. The molecule has 0 atom stereocenters. The molecular weight excluding hydrogens is 382 g/mol. The summed E-state index contributed by atoms with van der Waals surface area (Å²) in [5, 5.41) is 10.2. The third-order valence-corrected chi connectivity index (χ3v) is 6.27. The van der Waals surface area contributed by atoms with Crippen molar-refractivity contribution in [2.45, 2.75) is 25.2 Å². The number of rotatable bonds is 6. The van der Waals surface area contributed by atoms with Gasteiger partial charge in [-0.25, -0.2) is 14.8 Å². The van der Waals surface area contributed by atoms with Gasteiger partial charge in [0.25, 0.3) is 0 Å². The predicted octanol–water partition coefficient (Wildman–Crippen LogP) is 2.50. The Hall–Kier alpha value is -2.45. The summed E-state index contributed by atoms with van der Waals surface area (Å²) in [6, 6.07) is 6.01. The second-order valence-electron chi connectivity index (χ2n) is 8.33. The largest absolute Gasteiger partial charge is 0.494 e. The number of likely N-dealkylation sites (N-methyl/N-ethyl adjacent to an activating group) is 1. The van der Waals surface area contributed by atoms with Crippen molar-refractivity contribution in [1.29, 1.82) is 0 Å². The molecule has 1 N–H and O–H groups in total. The fourth-order valence-corrected chi connectivity index (χ4v) is 4.36. The SMILES string of the molecule is CN1CCN(CCCOc2ccc3ncnc(C4CCN(C(=O)O)CC4)c3c2)CC1. The third kappa shape index (κ3) is 4.99. The second-order valence-corrected chi connectivity index (χ2v) is 8.33. The number of piperidine rings is 1. The minimum absolute atomic E-state index is 0.249. The Bertz CT molecular complexity index is 861. The molecule has 8 nitrogen and oxygen atoms in total. The first-order valence-electron chi connectivity index (χ1n) is 10.9. The summed E-state index contributed by atoms with van der Waals surface area (Å²) in [5.74, 6) is 1.10. The predicted molar refractivity (Wildman–Crippen MR) is 115 cm³/mol. The molecule has 8 heteroatoms. The Morgan fingerprint density at radius 1 is 1.13 bits per heavy atom. The van der Waals surface area contributed by atoms with Crippen LogP contribution in [-0.2, 0) is 0 Å². The van der Waals surface area contributed by atoms with Crippen molar-refractivity contribution >= 4 is 17.0 Å². The van der Waals surface area contributed by atoms with Crippen molar-refractivity contribution in [3.63, 3.8) is 0 Å². The maximum Gasteiger partial charge on any atom is 0.407 e. The molecule has 2 aliphatic rings. The molecule has 1 aromatic carbocycles. The monoisotopic (exact) mass is 413 g/mol. The highest BCUT2D eigenvalue weighted by molar-refractivity contribution is 5.82. The average Bonchev–Trinajstić information content (AvgIpc) is 2.77. The number of amides is 1. The second kappa shape index (κ2) is 9.57. The molecule has 162 valence electrons. The normalized spacial score (nSPS) is 19.3. The fourth-order valence-electron chi connectivity index (χ4n) is 4.36. The Kier molecular flexibility index (Phi) is 6.64. The van der Waals surface area contributed by atoms with Crippen molar-refractivity contribution in [2.75, 3.05) is 59.5 Å². The van der Waals surface area contributed by atoms with Gasteiger partial charge in [0.05, 0.1) is 17.8 Å². The first-order valence-corrected chi connectivity index (χ1v) is 10.9. The van der Waals surface area contributed by atoms with Crippen molar-refractivity contribution in [3.05, 3.63) is 30.2 Å². The number of piperazine rings is 1. The minimum atomic E-state index is -0.840. The van der Waals surface area contributed by atoms with Crippen LogP contribution in [0.5, 0.6) is 5.75 Å². The maximum absolute atomic E-state index is 11.2.